The predicted molar refractivity (Wildman–Crippen MR) is 70.9 cm³/mol. The van der Waals surface area contributed by atoms with Crippen LogP contribution in [0.4, 0.5) is 0 Å². The number of rotatable bonds is 6. The summed E-state index contributed by atoms with van der Waals surface area (Å²) in [5.41, 5.74) is 0.880. The maximum Gasteiger partial charge on any atom is 0.313 e. The van der Waals surface area contributed by atoms with E-state index in [1.807, 2.05) is 17.8 Å². The molecule has 0 saturated carbocycles. The molecule has 7 nitrogen and oxygen atoms in total. The minimum Gasteiger partial charge on any atom is -0.481 e. The second-order valence-corrected chi connectivity index (χ2v) is 4.99. The first kappa shape index (κ1) is 13.6. The first-order valence-electron chi connectivity index (χ1n) is 5.88. The molecule has 0 saturated heterocycles. The van der Waals surface area contributed by atoms with Crippen LogP contribution in [0.1, 0.15) is 13.3 Å². The summed E-state index contributed by atoms with van der Waals surface area (Å²) in [6, 6.07) is 0. The highest BCUT2D eigenvalue weighted by Crippen LogP contribution is 2.23. The van der Waals surface area contributed by atoms with Crippen molar-refractivity contribution in [1.29, 1.82) is 0 Å². The van der Waals surface area contributed by atoms with Crippen LogP contribution in [0.3, 0.4) is 0 Å². The monoisotopic (exact) mass is 281 g/mol. The van der Waals surface area contributed by atoms with Gasteiger partial charge in [-0.3, -0.25) is 9.48 Å². The molecule has 0 radical (unpaired) electrons. The molecule has 8 heteroatoms. The molecular formula is C11H15N5O2S. The van der Waals surface area contributed by atoms with E-state index < -0.39 is 5.97 Å². The smallest absolute Gasteiger partial charge is 0.313 e. The number of carboxylic acid groups (broad SMARTS) is 1. The van der Waals surface area contributed by atoms with Crippen LogP contribution in [0.15, 0.2) is 17.6 Å². The maximum atomic E-state index is 10.6. The number of carbonyl (C=O) groups is 1. The van der Waals surface area contributed by atoms with Crippen molar-refractivity contribution in [1.82, 2.24) is 24.5 Å². The normalized spacial score (nSPS) is 10.8. The van der Waals surface area contributed by atoms with Gasteiger partial charge in [-0.2, -0.15) is 5.10 Å². The molecule has 0 amide bonds. The molecule has 2 rings (SSSR count). The van der Waals surface area contributed by atoms with Crippen molar-refractivity contribution in [3.8, 4) is 11.4 Å². The quantitative estimate of drug-likeness (QED) is 0.802. The standard InChI is InChI=1S/C11H15N5O2S/c1-3-4-16-10(8-5-12-15(2)6-8)13-14-11(16)19-7-9(17)18/h5-6H,3-4,7H2,1-2H3,(H,17,18). The summed E-state index contributed by atoms with van der Waals surface area (Å²) in [5.74, 6) is -0.156. The van der Waals surface area contributed by atoms with Crippen molar-refractivity contribution in [2.75, 3.05) is 5.75 Å². The van der Waals surface area contributed by atoms with Crippen LogP contribution >= 0.6 is 11.8 Å². The van der Waals surface area contributed by atoms with Crippen LogP contribution in [0.5, 0.6) is 0 Å². The Morgan fingerprint density at radius 1 is 1.47 bits per heavy atom. The summed E-state index contributed by atoms with van der Waals surface area (Å²) < 4.78 is 3.63. The molecule has 0 fully saturated rings. The summed E-state index contributed by atoms with van der Waals surface area (Å²) in [6.45, 7) is 2.80. The van der Waals surface area contributed by atoms with Gasteiger partial charge in [0.2, 0.25) is 0 Å². The average molecular weight is 281 g/mol. The molecule has 0 bridgehead atoms. The molecule has 0 aliphatic rings. The van der Waals surface area contributed by atoms with Crippen LogP contribution in [-0.4, -0.2) is 41.4 Å². The number of thioether (sulfide) groups is 1. The second-order valence-electron chi connectivity index (χ2n) is 4.04. The lowest BCUT2D eigenvalue weighted by molar-refractivity contribution is -0.133. The lowest BCUT2D eigenvalue weighted by atomic mass is 10.3. The van der Waals surface area contributed by atoms with E-state index in [4.69, 9.17) is 5.11 Å². The van der Waals surface area contributed by atoms with Gasteiger partial charge in [-0.25, -0.2) is 0 Å². The number of hydrogen-bond acceptors (Lipinski definition) is 5. The first-order valence-corrected chi connectivity index (χ1v) is 6.87. The molecule has 0 aliphatic heterocycles. The third-order valence-electron chi connectivity index (χ3n) is 2.45. The van der Waals surface area contributed by atoms with Gasteiger partial charge in [0, 0.05) is 19.8 Å². The van der Waals surface area contributed by atoms with Crippen molar-refractivity contribution in [2.45, 2.75) is 25.0 Å². The van der Waals surface area contributed by atoms with Gasteiger partial charge in [-0.15, -0.1) is 10.2 Å². The van der Waals surface area contributed by atoms with E-state index in [0.29, 0.717) is 5.16 Å². The number of aryl methyl sites for hydroxylation is 1. The molecule has 102 valence electrons. The minimum atomic E-state index is -0.862. The van der Waals surface area contributed by atoms with Crippen LogP contribution < -0.4 is 0 Å². The van der Waals surface area contributed by atoms with Gasteiger partial charge in [0.15, 0.2) is 11.0 Å². The predicted octanol–water partition coefficient (Wildman–Crippen LogP) is 1.27. The molecule has 19 heavy (non-hydrogen) atoms. The second kappa shape index (κ2) is 5.87. The number of aromatic nitrogens is 5. The fraction of sp³-hybridized carbons (Fsp3) is 0.455. The number of carboxylic acids is 1. The molecule has 0 aliphatic carbocycles. The van der Waals surface area contributed by atoms with Crippen LogP contribution in [0.25, 0.3) is 11.4 Å². The third-order valence-corrected chi connectivity index (χ3v) is 3.40. The van der Waals surface area contributed by atoms with Gasteiger partial charge in [0.25, 0.3) is 0 Å². The van der Waals surface area contributed by atoms with Crippen LogP contribution in [-0.2, 0) is 18.4 Å². The highest BCUT2D eigenvalue weighted by molar-refractivity contribution is 7.99. The molecule has 0 spiro atoms. The van der Waals surface area contributed by atoms with Crippen molar-refractivity contribution in [2.24, 2.45) is 7.05 Å². The molecular weight excluding hydrogens is 266 g/mol. The molecule has 1 N–H and O–H groups in total. The fourth-order valence-corrected chi connectivity index (χ4v) is 2.38. The Morgan fingerprint density at radius 2 is 2.26 bits per heavy atom. The highest BCUT2D eigenvalue weighted by Gasteiger charge is 2.15. The summed E-state index contributed by atoms with van der Waals surface area (Å²) in [7, 11) is 1.84. The van der Waals surface area contributed by atoms with E-state index in [-0.39, 0.29) is 5.75 Å². The Balaban J connectivity index is 2.31. The van der Waals surface area contributed by atoms with E-state index in [2.05, 4.69) is 22.2 Å². The van der Waals surface area contributed by atoms with Gasteiger partial charge >= 0.3 is 5.97 Å². The Morgan fingerprint density at radius 3 is 2.84 bits per heavy atom. The van der Waals surface area contributed by atoms with Gasteiger partial charge in [0.1, 0.15) is 0 Å². The summed E-state index contributed by atoms with van der Waals surface area (Å²) in [4.78, 5) is 10.6. The highest BCUT2D eigenvalue weighted by atomic mass is 32.2. The van der Waals surface area contributed by atoms with Gasteiger partial charge in [-0.1, -0.05) is 18.7 Å². The summed E-state index contributed by atoms with van der Waals surface area (Å²) in [5, 5.41) is 21.7. The fourth-order valence-electron chi connectivity index (χ4n) is 1.70. The van der Waals surface area contributed by atoms with Crippen LogP contribution in [0.2, 0.25) is 0 Å². The first-order chi connectivity index (χ1) is 9.11. The molecule has 0 unspecified atom stereocenters. The van der Waals surface area contributed by atoms with E-state index in [1.54, 1.807) is 10.9 Å². The summed E-state index contributed by atoms with van der Waals surface area (Å²) >= 11 is 1.18. The van der Waals surface area contributed by atoms with Crippen molar-refractivity contribution in [3.05, 3.63) is 12.4 Å². The molecule has 0 aromatic carbocycles. The van der Waals surface area contributed by atoms with Gasteiger partial charge in [-0.05, 0) is 6.42 Å². The third kappa shape index (κ3) is 3.14. The largest absolute Gasteiger partial charge is 0.481 e. The average Bonchev–Trinajstić information content (AvgIpc) is 2.94. The lowest BCUT2D eigenvalue weighted by Gasteiger charge is -2.06. The van der Waals surface area contributed by atoms with Crippen molar-refractivity contribution < 1.29 is 9.90 Å². The Kier molecular flexibility index (Phi) is 4.20. The Hall–Kier alpha value is -1.83. The lowest BCUT2D eigenvalue weighted by Crippen LogP contribution is -2.04. The van der Waals surface area contributed by atoms with E-state index in [9.17, 15) is 4.79 Å². The number of hydrogen-bond donors (Lipinski definition) is 1. The Bertz CT molecular complexity index is 577. The van der Waals surface area contributed by atoms with Crippen molar-refractivity contribution in [3.63, 3.8) is 0 Å². The summed E-state index contributed by atoms with van der Waals surface area (Å²) in [6.07, 6.45) is 4.51. The van der Waals surface area contributed by atoms with E-state index >= 15 is 0 Å². The van der Waals surface area contributed by atoms with Gasteiger partial charge < -0.3 is 9.67 Å². The number of nitrogens with zero attached hydrogens (tertiary/aromatic N) is 5. The maximum absolute atomic E-state index is 10.6. The molecule has 2 heterocycles. The zero-order chi connectivity index (χ0) is 13.8. The topological polar surface area (TPSA) is 85.8 Å². The zero-order valence-electron chi connectivity index (χ0n) is 10.8. The molecule has 0 atom stereocenters. The zero-order valence-corrected chi connectivity index (χ0v) is 11.6. The SMILES string of the molecule is CCCn1c(SCC(=O)O)nnc1-c1cnn(C)c1. The van der Waals surface area contributed by atoms with Crippen LogP contribution in [0, 0.1) is 0 Å². The minimum absolute atomic E-state index is 0.0190. The molecule has 2 aromatic rings. The van der Waals surface area contributed by atoms with E-state index in [1.165, 1.54) is 11.8 Å². The number of aliphatic carboxylic acids is 1. The van der Waals surface area contributed by atoms with Gasteiger partial charge in [0.05, 0.1) is 17.5 Å². The van der Waals surface area contributed by atoms with E-state index in [0.717, 1.165) is 24.4 Å². The Labute approximate surface area is 114 Å². The molecule has 2 aromatic heterocycles. The van der Waals surface area contributed by atoms with Crippen molar-refractivity contribution >= 4 is 17.7 Å².